The van der Waals surface area contributed by atoms with Crippen LogP contribution < -0.4 is 0 Å². The molecule has 2 nitrogen and oxygen atoms in total. The molecule has 2 heteroatoms. The van der Waals surface area contributed by atoms with Crippen LogP contribution in [-0.2, 0) is 0 Å². The number of allylic oxidation sites excluding steroid dienone is 1. The Morgan fingerprint density at radius 3 is 2.90 bits per heavy atom. The van der Waals surface area contributed by atoms with Gasteiger partial charge >= 0.3 is 0 Å². The first-order valence-corrected chi connectivity index (χ1v) is 3.07. The van der Waals surface area contributed by atoms with E-state index in [0.717, 1.165) is 16.8 Å². The number of aromatic nitrogens is 2. The molecule has 0 unspecified atom stereocenters. The second-order valence-corrected chi connectivity index (χ2v) is 2.18. The van der Waals surface area contributed by atoms with Crippen molar-refractivity contribution in [2.45, 2.75) is 6.92 Å². The summed E-state index contributed by atoms with van der Waals surface area (Å²) in [5.74, 6) is 0. The van der Waals surface area contributed by atoms with E-state index in [-0.39, 0.29) is 0 Å². The normalized spacial score (nSPS) is 9.30. The van der Waals surface area contributed by atoms with Crippen molar-refractivity contribution < 1.29 is 0 Å². The van der Waals surface area contributed by atoms with Crippen LogP contribution in [-0.4, -0.2) is 10.2 Å². The zero-order valence-electron chi connectivity index (χ0n) is 6.02. The lowest BCUT2D eigenvalue weighted by molar-refractivity contribution is 1.07. The molecule has 0 saturated heterocycles. The van der Waals surface area contributed by atoms with E-state index >= 15 is 0 Å². The Morgan fingerprint density at radius 1 is 1.80 bits per heavy atom. The van der Waals surface area contributed by atoms with Crippen LogP contribution in [0.15, 0.2) is 19.4 Å². The summed E-state index contributed by atoms with van der Waals surface area (Å²) in [6, 6.07) is 0. The van der Waals surface area contributed by atoms with Crippen LogP contribution in [0.3, 0.4) is 0 Å². The molecule has 0 aromatic carbocycles. The van der Waals surface area contributed by atoms with Crippen LogP contribution in [0, 0.1) is 0 Å². The van der Waals surface area contributed by atoms with Gasteiger partial charge in [0.2, 0.25) is 0 Å². The Bertz CT molecular complexity index is 258. The Morgan fingerprint density at radius 2 is 2.50 bits per heavy atom. The van der Waals surface area contributed by atoms with Gasteiger partial charge in [0, 0.05) is 5.56 Å². The first-order valence-electron chi connectivity index (χ1n) is 3.07. The summed E-state index contributed by atoms with van der Waals surface area (Å²) < 4.78 is 0. The highest BCUT2D eigenvalue weighted by atomic mass is 15.1. The lowest BCUT2D eigenvalue weighted by Gasteiger charge is -1.93. The Balaban J connectivity index is 3.13. The summed E-state index contributed by atoms with van der Waals surface area (Å²) in [5, 5.41) is 6.69. The van der Waals surface area contributed by atoms with Crippen LogP contribution in [0.4, 0.5) is 0 Å². The maximum Gasteiger partial charge on any atom is 0.0673 e. The van der Waals surface area contributed by atoms with E-state index in [9.17, 15) is 0 Å². The topological polar surface area (TPSA) is 28.7 Å². The summed E-state index contributed by atoms with van der Waals surface area (Å²) >= 11 is 0. The summed E-state index contributed by atoms with van der Waals surface area (Å²) in [5.41, 5.74) is 2.95. The van der Waals surface area contributed by atoms with Gasteiger partial charge in [-0.1, -0.05) is 19.2 Å². The maximum atomic E-state index is 3.86. The number of H-pyrrole nitrogens is 1. The highest BCUT2D eigenvalue weighted by molar-refractivity contribution is 5.67. The highest BCUT2D eigenvalue weighted by Gasteiger charge is 1.99. The molecule has 0 aliphatic carbocycles. The van der Waals surface area contributed by atoms with Gasteiger partial charge in [0.15, 0.2) is 0 Å². The summed E-state index contributed by atoms with van der Waals surface area (Å²) in [6.07, 6.45) is 3.49. The van der Waals surface area contributed by atoms with E-state index in [4.69, 9.17) is 0 Å². The monoisotopic (exact) mass is 134 g/mol. The average Bonchev–Trinajstić information content (AvgIpc) is 2.33. The lowest BCUT2D eigenvalue weighted by Crippen LogP contribution is -1.79. The van der Waals surface area contributed by atoms with Gasteiger partial charge in [-0.3, -0.25) is 5.10 Å². The van der Waals surface area contributed by atoms with E-state index in [0.29, 0.717) is 0 Å². The van der Waals surface area contributed by atoms with E-state index < -0.39 is 0 Å². The van der Waals surface area contributed by atoms with E-state index in [1.54, 1.807) is 12.3 Å². The van der Waals surface area contributed by atoms with Crippen LogP contribution in [0.1, 0.15) is 18.2 Å². The number of hydrogen-bond donors (Lipinski definition) is 1. The molecule has 0 aliphatic heterocycles. The quantitative estimate of drug-likeness (QED) is 0.659. The van der Waals surface area contributed by atoms with Gasteiger partial charge in [0.1, 0.15) is 0 Å². The molecule has 0 saturated carbocycles. The fourth-order valence-corrected chi connectivity index (χ4v) is 0.792. The number of rotatable bonds is 2. The Labute approximate surface area is 60.3 Å². The first kappa shape index (κ1) is 6.81. The Hall–Kier alpha value is -1.31. The summed E-state index contributed by atoms with van der Waals surface area (Å²) in [4.78, 5) is 0. The molecular weight excluding hydrogens is 124 g/mol. The van der Waals surface area contributed by atoms with Crippen LogP contribution in [0.25, 0.3) is 11.6 Å². The molecule has 0 atom stereocenters. The van der Waals surface area contributed by atoms with Crippen LogP contribution >= 0.6 is 0 Å². The average molecular weight is 134 g/mol. The molecule has 10 heavy (non-hydrogen) atoms. The van der Waals surface area contributed by atoms with Crippen molar-refractivity contribution in [1.82, 2.24) is 10.2 Å². The zero-order chi connectivity index (χ0) is 7.56. The van der Waals surface area contributed by atoms with Gasteiger partial charge in [0.25, 0.3) is 0 Å². The third-order valence-electron chi connectivity index (χ3n) is 1.32. The standard InChI is InChI=1S/C8H10N2/c1-4-7-5-9-10-8(7)6(2)3/h4-5H,1-2H2,3H3,(H,9,10). The Kier molecular flexibility index (Phi) is 1.71. The van der Waals surface area contributed by atoms with E-state index in [2.05, 4.69) is 23.4 Å². The molecular formula is C8H10N2. The van der Waals surface area contributed by atoms with Gasteiger partial charge in [-0.15, -0.1) is 0 Å². The zero-order valence-corrected chi connectivity index (χ0v) is 6.02. The van der Waals surface area contributed by atoms with Gasteiger partial charge < -0.3 is 0 Å². The SMILES string of the molecule is C=Cc1cn[nH]c1C(=C)C. The van der Waals surface area contributed by atoms with Crippen molar-refractivity contribution in [2.75, 3.05) is 0 Å². The summed E-state index contributed by atoms with van der Waals surface area (Å²) in [6.45, 7) is 9.36. The van der Waals surface area contributed by atoms with Crippen molar-refractivity contribution in [3.05, 3.63) is 30.6 Å². The smallest absolute Gasteiger partial charge is 0.0673 e. The van der Waals surface area contributed by atoms with Crippen molar-refractivity contribution in [3.63, 3.8) is 0 Å². The van der Waals surface area contributed by atoms with Crippen molar-refractivity contribution >= 4 is 11.6 Å². The molecule has 1 aromatic rings. The van der Waals surface area contributed by atoms with Gasteiger partial charge in [-0.2, -0.15) is 5.10 Å². The molecule has 1 heterocycles. The molecule has 0 spiro atoms. The second kappa shape index (κ2) is 2.52. The minimum absolute atomic E-state index is 0.968. The van der Waals surface area contributed by atoms with Gasteiger partial charge in [-0.05, 0) is 12.5 Å². The van der Waals surface area contributed by atoms with Gasteiger partial charge in [0.05, 0.1) is 11.9 Å². The summed E-state index contributed by atoms with van der Waals surface area (Å²) in [7, 11) is 0. The molecule has 0 bridgehead atoms. The molecule has 0 aliphatic rings. The van der Waals surface area contributed by atoms with Gasteiger partial charge in [-0.25, -0.2) is 0 Å². The van der Waals surface area contributed by atoms with Crippen molar-refractivity contribution in [3.8, 4) is 0 Å². The fraction of sp³-hybridized carbons (Fsp3) is 0.125. The molecule has 1 rings (SSSR count). The molecule has 1 aromatic heterocycles. The van der Waals surface area contributed by atoms with Crippen LogP contribution in [0.2, 0.25) is 0 Å². The first-order chi connectivity index (χ1) is 4.75. The third kappa shape index (κ3) is 1.00. The van der Waals surface area contributed by atoms with Crippen molar-refractivity contribution in [2.24, 2.45) is 0 Å². The number of aromatic amines is 1. The number of hydrogen-bond acceptors (Lipinski definition) is 1. The third-order valence-corrected chi connectivity index (χ3v) is 1.32. The maximum absolute atomic E-state index is 3.86. The minimum Gasteiger partial charge on any atom is -0.278 e. The van der Waals surface area contributed by atoms with Crippen molar-refractivity contribution in [1.29, 1.82) is 0 Å². The highest BCUT2D eigenvalue weighted by Crippen LogP contribution is 2.13. The number of nitrogens with zero attached hydrogens (tertiary/aromatic N) is 1. The lowest BCUT2D eigenvalue weighted by atomic mass is 10.1. The van der Waals surface area contributed by atoms with E-state index in [1.807, 2.05) is 6.92 Å². The predicted molar refractivity (Wildman–Crippen MR) is 43.4 cm³/mol. The molecule has 52 valence electrons. The second-order valence-electron chi connectivity index (χ2n) is 2.18. The largest absolute Gasteiger partial charge is 0.278 e. The van der Waals surface area contributed by atoms with E-state index in [1.165, 1.54) is 0 Å². The molecule has 0 radical (unpaired) electrons. The predicted octanol–water partition coefficient (Wildman–Crippen LogP) is 2.09. The minimum atomic E-state index is 0.968. The molecule has 0 fully saturated rings. The molecule has 1 N–H and O–H groups in total. The number of nitrogens with one attached hydrogen (secondary N) is 1. The molecule has 0 amide bonds. The fourth-order valence-electron chi connectivity index (χ4n) is 0.792. The van der Waals surface area contributed by atoms with Crippen LogP contribution in [0.5, 0.6) is 0 Å².